The second kappa shape index (κ2) is 5.59. The van der Waals surface area contributed by atoms with Gasteiger partial charge >= 0.3 is 0 Å². The largest absolute Gasteiger partial charge is 0.343 e. The number of hydrogen-bond donors (Lipinski definition) is 1. The van der Waals surface area contributed by atoms with Gasteiger partial charge in [0, 0.05) is 0 Å². The number of benzene rings is 1. The van der Waals surface area contributed by atoms with E-state index in [-0.39, 0.29) is 18.9 Å². The van der Waals surface area contributed by atoms with E-state index in [2.05, 4.69) is 5.32 Å². The highest BCUT2D eigenvalue weighted by Crippen LogP contribution is 2.25. The quantitative estimate of drug-likeness (QED) is 0.827. The molecule has 1 amide bonds. The third kappa shape index (κ3) is 3.43. The van der Waals surface area contributed by atoms with Gasteiger partial charge in [-0.3, -0.25) is 4.79 Å². The average Bonchev–Trinajstić information content (AvgIpc) is 2.22. The van der Waals surface area contributed by atoms with Crippen LogP contribution in [0.1, 0.15) is 5.56 Å². The Bertz CT molecular complexity index is 412. The van der Waals surface area contributed by atoms with Crippen molar-refractivity contribution in [3.8, 4) is 6.07 Å². The standard InChI is InChI=1S/C10H8Cl2N2O/c11-8-3-1-2-7(10(8)12)6-9(15)14-5-4-13/h1-3H,5-6H2,(H,14,15). The van der Waals surface area contributed by atoms with Gasteiger partial charge in [-0.25, -0.2) is 0 Å². The molecule has 5 heteroatoms. The fourth-order valence-corrected chi connectivity index (χ4v) is 1.45. The minimum Gasteiger partial charge on any atom is -0.343 e. The zero-order chi connectivity index (χ0) is 11.3. The SMILES string of the molecule is N#CCNC(=O)Cc1cccc(Cl)c1Cl. The zero-order valence-electron chi connectivity index (χ0n) is 7.76. The van der Waals surface area contributed by atoms with Crippen molar-refractivity contribution in [3.05, 3.63) is 33.8 Å². The Balaban J connectivity index is 2.69. The highest BCUT2D eigenvalue weighted by molar-refractivity contribution is 6.42. The molecule has 0 spiro atoms. The molecule has 0 atom stereocenters. The zero-order valence-corrected chi connectivity index (χ0v) is 9.27. The Labute approximate surface area is 97.6 Å². The molecule has 3 nitrogen and oxygen atoms in total. The lowest BCUT2D eigenvalue weighted by Gasteiger charge is -2.04. The van der Waals surface area contributed by atoms with Crippen LogP contribution in [-0.4, -0.2) is 12.5 Å². The molecule has 15 heavy (non-hydrogen) atoms. The maximum absolute atomic E-state index is 11.3. The van der Waals surface area contributed by atoms with Crippen LogP contribution in [0.15, 0.2) is 18.2 Å². The van der Waals surface area contributed by atoms with E-state index in [4.69, 9.17) is 28.5 Å². The summed E-state index contributed by atoms with van der Waals surface area (Å²) in [4.78, 5) is 11.3. The van der Waals surface area contributed by atoms with Gasteiger partial charge in [0.25, 0.3) is 0 Å². The monoisotopic (exact) mass is 242 g/mol. The van der Waals surface area contributed by atoms with E-state index < -0.39 is 0 Å². The van der Waals surface area contributed by atoms with Crippen molar-refractivity contribution < 1.29 is 4.79 Å². The smallest absolute Gasteiger partial charge is 0.225 e. The highest BCUT2D eigenvalue weighted by atomic mass is 35.5. The first-order valence-electron chi connectivity index (χ1n) is 4.21. The van der Waals surface area contributed by atoms with Crippen LogP contribution in [0.4, 0.5) is 0 Å². The summed E-state index contributed by atoms with van der Waals surface area (Å²) in [5.74, 6) is -0.249. The summed E-state index contributed by atoms with van der Waals surface area (Å²) in [5, 5.41) is 11.5. The molecule has 1 rings (SSSR count). The molecule has 0 fully saturated rings. The van der Waals surface area contributed by atoms with Crippen LogP contribution in [0.5, 0.6) is 0 Å². The molecule has 0 aromatic heterocycles. The van der Waals surface area contributed by atoms with Gasteiger partial charge in [0.15, 0.2) is 0 Å². The number of amides is 1. The van der Waals surface area contributed by atoms with E-state index in [1.54, 1.807) is 18.2 Å². The van der Waals surface area contributed by atoms with E-state index in [1.807, 2.05) is 6.07 Å². The molecule has 1 aromatic carbocycles. The van der Waals surface area contributed by atoms with Gasteiger partial charge in [0.2, 0.25) is 5.91 Å². The third-order valence-electron chi connectivity index (χ3n) is 1.75. The Morgan fingerprint density at radius 1 is 1.47 bits per heavy atom. The van der Waals surface area contributed by atoms with Gasteiger partial charge in [0.05, 0.1) is 22.5 Å². The molecule has 1 aromatic rings. The molecule has 0 bridgehead atoms. The summed E-state index contributed by atoms with van der Waals surface area (Å²) < 4.78 is 0. The van der Waals surface area contributed by atoms with Gasteiger partial charge in [-0.15, -0.1) is 0 Å². The van der Waals surface area contributed by atoms with Crippen LogP contribution in [0.3, 0.4) is 0 Å². The third-order valence-corrected chi connectivity index (χ3v) is 2.61. The number of hydrogen-bond acceptors (Lipinski definition) is 2. The molecule has 0 aliphatic carbocycles. The number of halogens is 2. The molecule has 0 aliphatic rings. The normalized spacial score (nSPS) is 9.40. The van der Waals surface area contributed by atoms with Crippen molar-refractivity contribution in [1.82, 2.24) is 5.32 Å². The van der Waals surface area contributed by atoms with Crippen molar-refractivity contribution >= 4 is 29.1 Å². The summed E-state index contributed by atoms with van der Waals surface area (Å²) >= 11 is 11.7. The molecule has 78 valence electrons. The van der Waals surface area contributed by atoms with Crippen LogP contribution >= 0.6 is 23.2 Å². The summed E-state index contributed by atoms with van der Waals surface area (Å²) in [5.41, 5.74) is 0.652. The lowest BCUT2D eigenvalue weighted by atomic mass is 10.1. The van der Waals surface area contributed by atoms with Crippen LogP contribution in [-0.2, 0) is 11.2 Å². The van der Waals surface area contributed by atoms with Gasteiger partial charge in [-0.05, 0) is 11.6 Å². The van der Waals surface area contributed by atoms with Gasteiger partial charge in [0.1, 0.15) is 6.54 Å². The molecule has 0 heterocycles. The molecule has 0 radical (unpaired) electrons. The Hall–Kier alpha value is -1.24. The lowest BCUT2D eigenvalue weighted by molar-refractivity contribution is -0.120. The number of nitrogens with one attached hydrogen (secondary N) is 1. The van der Waals surface area contributed by atoms with Crippen molar-refractivity contribution in [3.63, 3.8) is 0 Å². The maximum atomic E-state index is 11.3. The molecular weight excluding hydrogens is 235 g/mol. The van der Waals surface area contributed by atoms with E-state index in [0.29, 0.717) is 15.6 Å². The van der Waals surface area contributed by atoms with E-state index in [0.717, 1.165) is 0 Å². The van der Waals surface area contributed by atoms with Crippen LogP contribution < -0.4 is 5.32 Å². The minimum atomic E-state index is -0.249. The summed E-state index contributed by atoms with van der Waals surface area (Å²) in [6.07, 6.45) is 0.126. The maximum Gasteiger partial charge on any atom is 0.225 e. The molecule has 0 unspecified atom stereocenters. The number of nitrogens with zero attached hydrogens (tertiary/aromatic N) is 1. The van der Waals surface area contributed by atoms with E-state index >= 15 is 0 Å². The van der Waals surface area contributed by atoms with Gasteiger partial charge in [-0.2, -0.15) is 5.26 Å². The second-order valence-electron chi connectivity index (χ2n) is 2.82. The van der Waals surface area contributed by atoms with Gasteiger partial charge in [-0.1, -0.05) is 35.3 Å². The molecule has 0 saturated heterocycles. The predicted molar refractivity (Wildman–Crippen MR) is 58.8 cm³/mol. The van der Waals surface area contributed by atoms with Crippen molar-refractivity contribution in [1.29, 1.82) is 5.26 Å². The summed E-state index contributed by atoms with van der Waals surface area (Å²) in [7, 11) is 0. The van der Waals surface area contributed by atoms with E-state index in [1.165, 1.54) is 0 Å². The Morgan fingerprint density at radius 2 is 2.20 bits per heavy atom. The van der Waals surface area contributed by atoms with Crippen LogP contribution in [0.25, 0.3) is 0 Å². The number of nitriles is 1. The number of carbonyl (C=O) groups excluding carboxylic acids is 1. The Kier molecular flexibility index (Phi) is 4.41. The first kappa shape index (κ1) is 11.8. The second-order valence-corrected chi connectivity index (χ2v) is 3.61. The highest BCUT2D eigenvalue weighted by Gasteiger charge is 2.08. The predicted octanol–water partition coefficient (Wildman–Crippen LogP) is 2.18. The lowest BCUT2D eigenvalue weighted by Crippen LogP contribution is -2.25. The number of carbonyl (C=O) groups is 1. The minimum absolute atomic E-state index is 0.00296. The molecule has 1 N–H and O–H groups in total. The first-order valence-corrected chi connectivity index (χ1v) is 4.97. The Morgan fingerprint density at radius 3 is 2.87 bits per heavy atom. The fraction of sp³-hybridized carbons (Fsp3) is 0.200. The van der Waals surface area contributed by atoms with E-state index in [9.17, 15) is 4.79 Å². The first-order chi connectivity index (χ1) is 7.15. The van der Waals surface area contributed by atoms with Crippen LogP contribution in [0, 0.1) is 11.3 Å². The van der Waals surface area contributed by atoms with Crippen molar-refractivity contribution in [2.24, 2.45) is 0 Å². The number of rotatable bonds is 3. The van der Waals surface area contributed by atoms with Crippen LogP contribution in [0.2, 0.25) is 10.0 Å². The topological polar surface area (TPSA) is 52.9 Å². The summed E-state index contributed by atoms with van der Waals surface area (Å²) in [6.45, 7) is -0.00296. The average molecular weight is 243 g/mol. The van der Waals surface area contributed by atoms with Crippen molar-refractivity contribution in [2.45, 2.75) is 6.42 Å². The summed E-state index contributed by atoms with van der Waals surface area (Å²) in [6, 6.07) is 6.92. The molecular formula is C10H8Cl2N2O. The molecule has 0 saturated carbocycles. The fourth-order valence-electron chi connectivity index (χ4n) is 1.06. The van der Waals surface area contributed by atoms with Crippen molar-refractivity contribution in [2.75, 3.05) is 6.54 Å². The van der Waals surface area contributed by atoms with Gasteiger partial charge < -0.3 is 5.32 Å². The molecule has 0 aliphatic heterocycles.